The van der Waals surface area contributed by atoms with Crippen LogP contribution in [0, 0.1) is 0 Å². The van der Waals surface area contributed by atoms with Crippen LogP contribution in [0.4, 0.5) is 0 Å². The molecule has 84 valence electrons. The van der Waals surface area contributed by atoms with Crippen LogP contribution in [0.1, 0.15) is 45.4 Å². The summed E-state index contributed by atoms with van der Waals surface area (Å²) < 4.78 is 24.7. The van der Waals surface area contributed by atoms with Crippen LogP contribution in [0.15, 0.2) is 0 Å². The van der Waals surface area contributed by atoms with Crippen molar-refractivity contribution in [1.82, 2.24) is 4.31 Å². The van der Waals surface area contributed by atoms with Crippen LogP contribution in [0.3, 0.4) is 0 Å². The highest BCUT2D eigenvalue weighted by atomic mass is 32.2. The second kappa shape index (κ2) is 5.12. The highest BCUT2D eigenvalue weighted by Gasteiger charge is 2.25. The van der Waals surface area contributed by atoms with Gasteiger partial charge >= 0.3 is 0 Å². The van der Waals surface area contributed by atoms with Crippen LogP contribution in [0.25, 0.3) is 0 Å². The summed E-state index contributed by atoms with van der Waals surface area (Å²) >= 11 is 0. The van der Waals surface area contributed by atoms with Crippen molar-refractivity contribution in [2.24, 2.45) is 0 Å². The zero-order valence-corrected chi connectivity index (χ0v) is 10.0. The molecule has 0 atom stereocenters. The minimum Gasteiger partial charge on any atom is -0.212 e. The van der Waals surface area contributed by atoms with E-state index >= 15 is 0 Å². The highest BCUT2D eigenvalue weighted by Crippen LogP contribution is 2.23. The van der Waals surface area contributed by atoms with Gasteiger partial charge < -0.3 is 0 Å². The summed E-state index contributed by atoms with van der Waals surface area (Å²) in [6.07, 6.45) is 8.28. The van der Waals surface area contributed by atoms with Crippen LogP contribution >= 0.6 is 0 Å². The van der Waals surface area contributed by atoms with Crippen molar-refractivity contribution in [2.45, 2.75) is 51.5 Å². The zero-order valence-electron chi connectivity index (χ0n) is 9.20. The molecule has 0 radical (unpaired) electrons. The molecule has 1 aliphatic carbocycles. The second-order valence-corrected chi connectivity index (χ2v) is 6.05. The lowest BCUT2D eigenvalue weighted by Gasteiger charge is -2.27. The molecule has 1 aliphatic rings. The third-order valence-corrected chi connectivity index (χ3v) is 4.38. The number of rotatable bonds is 3. The first kappa shape index (κ1) is 12.0. The first-order valence-corrected chi connectivity index (χ1v) is 7.37. The van der Waals surface area contributed by atoms with E-state index in [0.717, 1.165) is 12.8 Å². The topological polar surface area (TPSA) is 37.4 Å². The minimum absolute atomic E-state index is 0.262. The molecule has 4 heteroatoms. The molecule has 0 saturated heterocycles. The van der Waals surface area contributed by atoms with Gasteiger partial charge in [-0.1, -0.05) is 32.6 Å². The van der Waals surface area contributed by atoms with Crippen molar-refractivity contribution in [3.63, 3.8) is 0 Å². The molecule has 3 nitrogen and oxygen atoms in total. The van der Waals surface area contributed by atoms with Gasteiger partial charge in [0.1, 0.15) is 0 Å². The fourth-order valence-electron chi connectivity index (χ4n) is 2.31. The van der Waals surface area contributed by atoms with Crippen molar-refractivity contribution in [3.8, 4) is 0 Å². The SMILES string of the molecule is CCN(C1CCCCCC1)S(C)(=O)=O. The fraction of sp³-hybridized carbons (Fsp3) is 1.00. The molecule has 0 unspecified atom stereocenters. The molecule has 0 aromatic carbocycles. The van der Waals surface area contributed by atoms with Crippen molar-refractivity contribution < 1.29 is 8.42 Å². The van der Waals surface area contributed by atoms with Gasteiger partial charge in [-0.3, -0.25) is 0 Å². The third-order valence-electron chi connectivity index (χ3n) is 2.97. The molecule has 0 spiro atoms. The molecule has 0 aromatic rings. The Morgan fingerprint density at radius 3 is 2.00 bits per heavy atom. The van der Waals surface area contributed by atoms with Gasteiger partial charge in [0.05, 0.1) is 6.26 Å². The van der Waals surface area contributed by atoms with Gasteiger partial charge in [0, 0.05) is 12.6 Å². The maximum atomic E-state index is 11.5. The molecule has 1 fully saturated rings. The predicted molar refractivity (Wildman–Crippen MR) is 58.7 cm³/mol. The molecule has 0 amide bonds. The summed E-state index contributed by atoms with van der Waals surface area (Å²) in [5.74, 6) is 0. The monoisotopic (exact) mass is 219 g/mol. The van der Waals surface area contributed by atoms with Crippen LogP contribution in [-0.4, -0.2) is 31.6 Å². The van der Waals surface area contributed by atoms with Gasteiger partial charge in [-0.2, -0.15) is 4.31 Å². The van der Waals surface area contributed by atoms with Crippen molar-refractivity contribution in [1.29, 1.82) is 0 Å². The summed E-state index contributed by atoms with van der Waals surface area (Å²) in [5, 5.41) is 0. The largest absolute Gasteiger partial charge is 0.212 e. The molecule has 0 N–H and O–H groups in total. The van der Waals surface area contributed by atoms with E-state index in [0.29, 0.717) is 6.54 Å². The van der Waals surface area contributed by atoms with Crippen LogP contribution in [0.5, 0.6) is 0 Å². The average molecular weight is 219 g/mol. The van der Waals surface area contributed by atoms with Gasteiger partial charge in [-0.15, -0.1) is 0 Å². The second-order valence-electron chi connectivity index (χ2n) is 4.11. The van der Waals surface area contributed by atoms with Gasteiger partial charge in [0.15, 0.2) is 0 Å². The standard InChI is InChI=1S/C10H21NO2S/c1-3-11(14(2,12)13)10-8-6-4-5-7-9-10/h10H,3-9H2,1-2H3. The van der Waals surface area contributed by atoms with Gasteiger partial charge in [-0.05, 0) is 12.8 Å². The Morgan fingerprint density at radius 1 is 1.14 bits per heavy atom. The molecule has 1 rings (SSSR count). The Hall–Kier alpha value is -0.0900. The lowest BCUT2D eigenvalue weighted by Crippen LogP contribution is -2.39. The summed E-state index contributed by atoms with van der Waals surface area (Å²) in [7, 11) is -3.00. The van der Waals surface area contributed by atoms with Crippen molar-refractivity contribution in [2.75, 3.05) is 12.8 Å². The Labute approximate surface area is 87.5 Å². The summed E-state index contributed by atoms with van der Waals surface area (Å²) in [6.45, 7) is 2.54. The molecule has 0 aliphatic heterocycles. The van der Waals surface area contributed by atoms with Crippen molar-refractivity contribution >= 4 is 10.0 Å². The molecular formula is C10H21NO2S. The van der Waals surface area contributed by atoms with Gasteiger partial charge in [-0.25, -0.2) is 8.42 Å². The normalized spacial score (nSPS) is 21.1. The smallest absolute Gasteiger partial charge is 0.211 e. The first-order valence-electron chi connectivity index (χ1n) is 5.52. The number of nitrogens with zero attached hydrogens (tertiary/aromatic N) is 1. The van der Waals surface area contributed by atoms with E-state index < -0.39 is 10.0 Å². The molecule has 1 saturated carbocycles. The zero-order chi connectivity index (χ0) is 10.6. The number of sulfonamides is 1. The summed E-state index contributed by atoms with van der Waals surface area (Å²) in [5.41, 5.74) is 0. The fourth-order valence-corrected chi connectivity index (χ4v) is 3.53. The lowest BCUT2D eigenvalue weighted by molar-refractivity contribution is 0.305. The minimum atomic E-state index is -3.00. The van der Waals surface area contributed by atoms with E-state index in [1.165, 1.54) is 31.9 Å². The number of hydrogen-bond acceptors (Lipinski definition) is 2. The quantitative estimate of drug-likeness (QED) is 0.681. The number of hydrogen-bond donors (Lipinski definition) is 0. The molecule has 0 aromatic heterocycles. The lowest BCUT2D eigenvalue weighted by atomic mass is 10.1. The predicted octanol–water partition coefficient (Wildman–Crippen LogP) is 1.99. The van der Waals surface area contributed by atoms with E-state index in [4.69, 9.17) is 0 Å². The maximum absolute atomic E-state index is 11.5. The van der Waals surface area contributed by atoms with Gasteiger partial charge in [0.25, 0.3) is 0 Å². The Morgan fingerprint density at radius 2 is 1.64 bits per heavy atom. The summed E-state index contributed by atoms with van der Waals surface area (Å²) in [4.78, 5) is 0. The maximum Gasteiger partial charge on any atom is 0.211 e. The van der Waals surface area contributed by atoms with E-state index in [9.17, 15) is 8.42 Å². The van der Waals surface area contributed by atoms with Gasteiger partial charge in [0.2, 0.25) is 10.0 Å². The summed E-state index contributed by atoms with van der Waals surface area (Å²) in [6, 6.07) is 0.262. The Bertz CT molecular complexity index is 253. The first-order chi connectivity index (χ1) is 6.55. The molecule has 0 bridgehead atoms. The van der Waals surface area contributed by atoms with Crippen LogP contribution in [0.2, 0.25) is 0 Å². The van der Waals surface area contributed by atoms with E-state index in [-0.39, 0.29) is 6.04 Å². The Kier molecular flexibility index (Phi) is 4.38. The third kappa shape index (κ3) is 3.24. The van der Waals surface area contributed by atoms with Crippen LogP contribution < -0.4 is 0 Å². The molecular weight excluding hydrogens is 198 g/mol. The van der Waals surface area contributed by atoms with Crippen LogP contribution in [-0.2, 0) is 10.0 Å². The molecule has 0 heterocycles. The highest BCUT2D eigenvalue weighted by molar-refractivity contribution is 7.88. The van der Waals surface area contributed by atoms with Crippen molar-refractivity contribution in [3.05, 3.63) is 0 Å². The molecule has 14 heavy (non-hydrogen) atoms. The van der Waals surface area contributed by atoms with E-state index in [1.54, 1.807) is 4.31 Å². The average Bonchev–Trinajstić information content (AvgIpc) is 2.31. The van der Waals surface area contributed by atoms with E-state index in [2.05, 4.69) is 0 Å². The van der Waals surface area contributed by atoms with E-state index in [1.807, 2.05) is 6.92 Å². The Balaban J connectivity index is 2.67.